The van der Waals surface area contributed by atoms with E-state index in [2.05, 4.69) is 43.1 Å². The molecule has 20 heavy (non-hydrogen) atoms. The van der Waals surface area contributed by atoms with Crippen molar-refractivity contribution in [3.63, 3.8) is 0 Å². The van der Waals surface area contributed by atoms with Crippen LogP contribution in [0.2, 0.25) is 5.02 Å². The van der Waals surface area contributed by atoms with E-state index in [0.29, 0.717) is 12.1 Å². The Hall–Kier alpha value is -0.610. The number of benzene rings is 1. The van der Waals surface area contributed by atoms with Crippen LogP contribution in [0.15, 0.2) is 24.3 Å². The van der Waals surface area contributed by atoms with Gasteiger partial charge in [-0.15, -0.1) is 0 Å². The summed E-state index contributed by atoms with van der Waals surface area (Å²) < 4.78 is 5.84. The zero-order valence-corrected chi connectivity index (χ0v) is 13.4. The van der Waals surface area contributed by atoms with Crippen molar-refractivity contribution >= 4 is 11.6 Å². The molecule has 0 amide bonds. The fourth-order valence-corrected chi connectivity index (χ4v) is 2.64. The summed E-state index contributed by atoms with van der Waals surface area (Å²) in [6.45, 7) is 10.4. The minimum absolute atomic E-state index is 0.279. The summed E-state index contributed by atoms with van der Waals surface area (Å²) in [5, 5.41) is 4.33. The third-order valence-corrected chi connectivity index (χ3v) is 4.17. The molecule has 1 aromatic carbocycles. The van der Waals surface area contributed by atoms with Crippen molar-refractivity contribution < 1.29 is 4.74 Å². The molecule has 1 fully saturated rings. The van der Waals surface area contributed by atoms with Crippen LogP contribution in [0.25, 0.3) is 0 Å². The van der Waals surface area contributed by atoms with Crippen LogP contribution in [-0.4, -0.2) is 43.3 Å². The lowest BCUT2D eigenvalue weighted by Crippen LogP contribution is -2.49. The van der Waals surface area contributed by atoms with Crippen LogP contribution in [0.4, 0.5) is 0 Å². The molecule has 1 saturated heterocycles. The Bertz CT molecular complexity index is 407. The van der Waals surface area contributed by atoms with Gasteiger partial charge in [-0.3, -0.25) is 4.90 Å². The maximum Gasteiger partial charge on any atom is 0.0827 e. The van der Waals surface area contributed by atoms with E-state index in [-0.39, 0.29) is 6.10 Å². The van der Waals surface area contributed by atoms with Gasteiger partial charge in [0.2, 0.25) is 0 Å². The Kier molecular flexibility index (Phi) is 5.85. The first kappa shape index (κ1) is 15.8. The van der Waals surface area contributed by atoms with Crippen LogP contribution >= 0.6 is 11.6 Å². The molecule has 2 rings (SSSR count). The molecule has 1 aliphatic rings. The van der Waals surface area contributed by atoms with Crippen LogP contribution in [0.1, 0.15) is 32.4 Å². The Morgan fingerprint density at radius 3 is 2.65 bits per heavy atom. The van der Waals surface area contributed by atoms with E-state index in [1.165, 1.54) is 5.56 Å². The van der Waals surface area contributed by atoms with Gasteiger partial charge in [0, 0.05) is 36.7 Å². The molecule has 112 valence electrons. The second-order valence-corrected chi connectivity index (χ2v) is 6.20. The zero-order chi connectivity index (χ0) is 14.5. The fourth-order valence-electron chi connectivity index (χ4n) is 2.51. The smallest absolute Gasteiger partial charge is 0.0827 e. The highest BCUT2D eigenvalue weighted by Gasteiger charge is 2.22. The van der Waals surface area contributed by atoms with Crippen molar-refractivity contribution in [3.8, 4) is 0 Å². The van der Waals surface area contributed by atoms with Gasteiger partial charge in [0.1, 0.15) is 0 Å². The van der Waals surface area contributed by atoms with Gasteiger partial charge >= 0.3 is 0 Å². The van der Waals surface area contributed by atoms with Crippen LogP contribution in [-0.2, 0) is 4.74 Å². The molecule has 1 aliphatic heterocycles. The number of morpholine rings is 1. The van der Waals surface area contributed by atoms with Gasteiger partial charge in [0.15, 0.2) is 0 Å². The maximum atomic E-state index is 5.91. The Labute approximate surface area is 127 Å². The number of nitrogens with zero attached hydrogens (tertiary/aromatic N) is 1. The van der Waals surface area contributed by atoms with Crippen LogP contribution in [0, 0.1) is 0 Å². The van der Waals surface area contributed by atoms with E-state index in [1.807, 2.05) is 12.1 Å². The van der Waals surface area contributed by atoms with Gasteiger partial charge < -0.3 is 10.1 Å². The Morgan fingerprint density at radius 2 is 2.00 bits per heavy atom. The van der Waals surface area contributed by atoms with Gasteiger partial charge in [-0.2, -0.15) is 0 Å². The molecule has 3 nitrogen and oxygen atoms in total. The van der Waals surface area contributed by atoms with E-state index < -0.39 is 0 Å². The topological polar surface area (TPSA) is 24.5 Å². The second-order valence-electron chi connectivity index (χ2n) is 5.76. The first-order valence-corrected chi connectivity index (χ1v) is 7.78. The molecule has 0 spiro atoms. The molecule has 4 heteroatoms. The molecule has 0 aromatic heterocycles. The zero-order valence-electron chi connectivity index (χ0n) is 12.6. The highest BCUT2D eigenvalue weighted by atomic mass is 35.5. The van der Waals surface area contributed by atoms with Gasteiger partial charge in [-0.05, 0) is 38.5 Å². The number of ether oxygens (including phenoxy) is 1. The van der Waals surface area contributed by atoms with Crippen LogP contribution in [0.3, 0.4) is 0 Å². The minimum Gasteiger partial charge on any atom is -0.374 e. The molecule has 0 saturated carbocycles. The normalized spacial score (nSPS) is 22.1. The Balaban J connectivity index is 1.81. The maximum absolute atomic E-state index is 5.91. The summed E-state index contributed by atoms with van der Waals surface area (Å²) in [4.78, 5) is 2.48. The third kappa shape index (κ3) is 4.45. The molecule has 2 atom stereocenters. The summed E-state index contributed by atoms with van der Waals surface area (Å²) in [6, 6.07) is 8.92. The summed E-state index contributed by atoms with van der Waals surface area (Å²) in [7, 11) is 0. The van der Waals surface area contributed by atoms with Crippen molar-refractivity contribution in [2.24, 2.45) is 0 Å². The average molecular weight is 297 g/mol. The van der Waals surface area contributed by atoms with E-state index in [1.54, 1.807) is 0 Å². The standard InChI is InChI=1S/C16H25ClN2O/c1-12(2)19-8-9-20-16(11-19)10-18-13(3)14-4-6-15(17)7-5-14/h4-7,12-13,16,18H,8-11H2,1-3H3/t13-,16?/m1/s1. The van der Waals surface area contributed by atoms with Crippen molar-refractivity contribution in [1.82, 2.24) is 10.2 Å². The van der Waals surface area contributed by atoms with E-state index in [9.17, 15) is 0 Å². The molecule has 1 heterocycles. The number of hydrogen-bond donors (Lipinski definition) is 1. The SMILES string of the molecule is CC(C)N1CCOC(CN[C@H](C)c2ccc(Cl)cc2)C1. The first-order valence-electron chi connectivity index (χ1n) is 7.40. The van der Waals surface area contributed by atoms with Crippen molar-refractivity contribution in [2.75, 3.05) is 26.2 Å². The van der Waals surface area contributed by atoms with E-state index in [4.69, 9.17) is 16.3 Å². The van der Waals surface area contributed by atoms with Gasteiger partial charge in [-0.25, -0.2) is 0 Å². The molecular weight excluding hydrogens is 272 g/mol. The highest BCUT2D eigenvalue weighted by molar-refractivity contribution is 6.30. The van der Waals surface area contributed by atoms with E-state index >= 15 is 0 Å². The minimum atomic E-state index is 0.279. The number of hydrogen-bond acceptors (Lipinski definition) is 3. The second kappa shape index (κ2) is 7.41. The van der Waals surface area contributed by atoms with Gasteiger partial charge in [-0.1, -0.05) is 23.7 Å². The summed E-state index contributed by atoms with van der Waals surface area (Å²) in [5.41, 5.74) is 1.26. The molecule has 0 bridgehead atoms. The van der Waals surface area contributed by atoms with E-state index in [0.717, 1.165) is 31.3 Å². The molecule has 1 unspecified atom stereocenters. The highest BCUT2D eigenvalue weighted by Crippen LogP contribution is 2.16. The fraction of sp³-hybridized carbons (Fsp3) is 0.625. The quantitative estimate of drug-likeness (QED) is 0.903. The predicted molar refractivity (Wildman–Crippen MR) is 84.3 cm³/mol. The number of nitrogens with one attached hydrogen (secondary N) is 1. The Morgan fingerprint density at radius 1 is 1.30 bits per heavy atom. The van der Waals surface area contributed by atoms with Gasteiger partial charge in [0.05, 0.1) is 12.7 Å². The number of halogens is 1. The third-order valence-electron chi connectivity index (χ3n) is 3.92. The van der Waals surface area contributed by atoms with Crippen molar-refractivity contribution in [2.45, 2.75) is 39.0 Å². The van der Waals surface area contributed by atoms with Crippen LogP contribution < -0.4 is 5.32 Å². The van der Waals surface area contributed by atoms with Crippen LogP contribution in [0.5, 0.6) is 0 Å². The predicted octanol–water partition coefficient (Wildman–Crippen LogP) is 3.10. The monoisotopic (exact) mass is 296 g/mol. The summed E-state index contributed by atoms with van der Waals surface area (Å²) >= 11 is 5.91. The average Bonchev–Trinajstić information content (AvgIpc) is 2.46. The molecule has 0 aliphatic carbocycles. The summed E-state index contributed by atoms with van der Waals surface area (Å²) in [5.74, 6) is 0. The molecular formula is C16H25ClN2O. The van der Waals surface area contributed by atoms with Crippen molar-refractivity contribution in [3.05, 3.63) is 34.9 Å². The molecule has 1 N–H and O–H groups in total. The molecule has 1 aromatic rings. The summed E-state index contributed by atoms with van der Waals surface area (Å²) in [6.07, 6.45) is 0.279. The largest absolute Gasteiger partial charge is 0.374 e. The lowest BCUT2D eigenvalue weighted by molar-refractivity contribution is -0.0379. The first-order chi connectivity index (χ1) is 9.56. The lowest BCUT2D eigenvalue weighted by atomic mass is 10.1. The number of rotatable bonds is 5. The van der Waals surface area contributed by atoms with Gasteiger partial charge in [0.25, 0.3) is 0 Å². The lowest BCUT2D eigenvalue weighted by Gasteiger charge is -2.36. The molecule has 0 radical (unpaired) electrons. The van der Waals surface area contributed by atoms with Crippen molar-refractivity contribution in [1.29, 1.82) is 0 Å².